The highest BCUT2D eigenvalue weighted by atomic mass is 35.5. The van der Waals surface area contributed by atoms with Crippen molar-refractivity contribution in [3.8, 4) is 0 Å². The van der Waals surface area contributed by atoms with Crippen molar-refractivity contribution >= 4 is 23.5 Å². The summed E-state index contributed by atoms with van der Waals surface area (Å²) in [7, 11) is 0. The molecule has 0 bridgehead atoms. The number of likely N-dealkylation sites (tertiary alicyclic amines) is 1. The maximum atomic E-state index is 13.4. The number of carboxylic acid groups (broad SMARTS) is 1. The first-order valence-electron chi connectivity index (χ1n) is 6.94. The Kier molecular flexibility index (Phi) is 5.17. The van der Waals surface area contributed by atoms with Gasteiger partial charge in [0.25, 0.3) is 5.91 Å². The lowest BCUT2D eigenvalue weighted by atomic mass is 9.93. The second-order valence-electron chi connectivity index (χ2n) is 5.29. The van der Waals surface area contributed by atoms with Crippen molar-refractivity contribution in [3.63, 3.8) is 0 Å². The van der Waals surface area contributed by atoms with Gasteiger partial charge in [-0.05, 0) is 37.3 Å². The number of amides is 1. The van der Waals surface area contributed by atoms with Crippen LogP contribution < -0.4 is 0 Å². The van der Waals surface area contributed by atoms with Gasteiger partial charge in [0.05, 0.1) is 10.6 Å². The molecule has 0 aromatic heterocycles. The van der Waals surface area contributed by atoms with Crippen LogP contribution in [-0.4, -0.2) is 35.0 Å². The summed E-state index contributed by atoms with van der Waals surface area (Å²) >= 11 is 5.85. The van der Waals surface area contributed by atoms with Crippen LogP contribution in [-0.2, 0) is 4.79 Å². The third-order valence-corrected chi connectivity index (χ3v) is 4.14. The van der Waals surface area contributed by atoms with Crippen LogP contribution in [0.15, 0.2) is 18.2 Å². The first-order valence-corrected chi connectivity index (χ1v) is 7.32. The highest BCUT2D eigenvalue weighted by molar-refractivity contribution is 6.34. The average Bonchev–Trinajstić information content (AvgIpc) is 2.47. The van der Waals surface area contributed by atoms with Gasteiger partial charge in [0.2, 0.25) is 0 Å². The van der Waals surface area contributed by atoms with Gasteiger partial charge in [-0.3, -0.25) is 9.59 Å². The minimum Gasteiger partial charge on any atom is -0.481 e. The second-order valence-corrected chi connectivity index (χ2v) is 5.67. The van der Waals surface area contributed by atoms with E-state index in [-0.39, 0.29) is 28.8 Å². The van der Waals surface area contributed by atoms with Gasteiger partial charge in [-0.2, -0.15) is 0 Å². The van der Waals surface area contributed by atoms with Crippen LogP contribution in [0.5, 0.6) is 0 Å². The molecule has 0 aliphatic carbocycles. The number of hydrogen-bond donors (Lipinski definition) is 1. The lowest BCUT2D eigenvalue weighted by Crippen LogP contribution is -2.40. The molecule has 6 heteroatoms. The Bertz CT molecular complexity index is 550. The molecule has 2 rings (SSSR count). The summed E-state index contributed by atoms with van der Waals surface area (Å²) in [5.74, 6) is -1.56. The van der Waals surface area contributed by atoms with Crippen LogP contribution in [0.1, 0.15) is 36.0 Å². The van der Waals surface area contributed by atoms with Crippen LogP contribution in [0.2, 0.25) is 5.02 Å². The van der Waals surface area contributed by atoms with Gasteiger partial charge in [0, 0.05) is 19.5 Å². The Morgan fingerprint density at radius 3 is 2.90 bits per heavy atom. The van der Waals surface area contributed by atoms with Crippen LogP contribution in [0, 0.1) is 11.7 Å². The van der Waals surface area contributed by atoms with Gasteiger partial charge in [-0.1, -0.05) is 17.7 Å². The molecule has 1 aromatic carbocycles. The molecule has 0 saturated carbocycles. The van der Waals surface area contributed by atoms with E-state index in [0.29, 0.717) is 19.5 Å². The van der Waals surface area contributed by atoms with Crippen LogP contribution >= 0.6 is 11.6 Å². The fourth-order valence-corrected chi connectivity index (χ4v) is 2.86. The zero-order chi connectivity index (χ0) is 15.4. The Labute approximate surface area is 127 Å². The SMILES string of the molecule is O=C(O)CCC1CCCN(C(=O)c2cccc(F)c2Cl)C1. The van der Waals surface area contributed by atoms with Crippen LogP contribution in [0.25, 0.3) is 0 Å². The first kappa shape index (κ1) is 15.8. The summed E-state index contributed by atoms with van der Waals surface area (Å²) in [6.45, 7) is 1.09. The Balaban J connectivity index is 2.05. The highest BCUT2D eigenvalue weighted by Gasteiger charge is 2.26. The van der Waals surface area contributed by atoms with E-state index < -0.39 is 11.8 Å². The lowest BCUT2D eigenvalue weighted by Gasteiger charge is -2.33. The van der Waals surface area contributed by atoms with Crippen molar-refractivity contribution in [1.29, 1.82) is 0 Å². The number of carboxylic acids is 1. The van der Waals surface area contributed by atoms with E-state index in [9.17, 15) is 14.0 Å². The highest BCUT2D eigenvalue weighted by Crippen LogP contribution is 2.25. The quantitative estimate of drug-likeness (QED) is 0.928. The summed E-state index contributed by atoms with van der Waals surface area (Å²) in [4.78, 5) is 24.7. The van der Waals surface area contributed by atoms with Crippen molar-refractivity contribution in [1.82, 2.24) is 4.90 Å². The molecule has 1 amide bonds. The molecule has 1 saturated heterocycles. The molecular weight excluding hydrogens is 297 g/mol. The summed E-state index contributed by atoms with van der Waals surface area (Å²) in [6.07, 6.45) is 2.39. The van der Waals surface area contributed by atoms with Gasteiger partial charge in [0.1, 0.15) is 5.82 Å². The number of aliphatic carboxylic acids is 1. The van der Waals surface area contributed by atoms with E-state index in [2.05, 4.69) is 0 Å². The molecule has 1 aromatic rings. The molecule has 1 atom stereocenters. The molecule has 0 spiro atoms. The molecule has 1 aliphatic rings. The zero-order valence-corrected chi connectivity index (χ0v) is 12.3. The van der Waals surface area contributed by atoms with Gasteiger partial charge in [0.15, 0.2) is 0 Å². The van der Waals surface area contributed by atoms with Crippen LogP contribution in [0.4, 0.5) is 4.39 Å². The van der Waals surface area contributed by atoms with E-state index in [1.807, 2.05) is 0 Å². The van der Waals surface area contributed by atoms with E-state index in [4.69, 9.17) is 16.7 Å². The summed E-state index contributed by atoms with van der Waals surface area (Å²) in [5.41, 5.74) is 0.163. The second kappa shape index (κ2) is 6.89. The number of rotatable bonds is 4. The molecule has 1 fully saturated rings. The fraction of sp³-hybridized carbons (Fsp3) is 0.467. The molecule has 1 aliphatic heterocycles. The number of carbonyl (C=O) groups is 2. The average molecular weight is 314 g/mol. The zero-order valence-electron chi connectivity index (χ0n) is 11.5. The van der Waals surface area contributed by atoms with Gasteiger partial charge < -0.3 is 10.0 Å². The van der Waals surface area contributed by atoms with Crippen molar-refractivity contribution < 1.29 is 19.1 Å². The van der Waals surface area contributed by atoms with E-state index in [1.165, 1.54) is 18.2 Å². The lowest BCUT2D eigenvalue weighted by molar-refractivity contribution is -0.137. The largest absolute Gasteiger partial charge is 0.481 e. The van der Waals surface area contributed by atoms with Crippen molar-refractivity contribution in [3.05, 3.63) is 34.6 Å². The van der Waals surface area contributed by atoms with Crippen molar-refractivity contribution in [2.24, 2.45) is 5.92 Å². The number of carbonyl (C=O) groups excluding carboxylic acids is 1. The number of halogens is 2. The van der Waals surface area contributed by atoms with E-state index >= 15 is 0 Å². The standard InChI is InChI=1S/C15H17ClFNO3/c16-14-11(4-1-5-12(14)17)15(21)18-8-2-3-10(9-18)6-7-13(19)20/h1,4-5,10H,2-3,6-9H2,(H,19,20). The third kappa shape index (κ3) is 3.94. The third-order valence-electron chi connectivity index (χ3n) is 3.75. The number of piperidine rings is 1. The first-order chi connectivity index (χ1) is 9.99. The molecule has 0 radical (unpaired) electrons. The monoisotopic (exact) mass is 313 g/mol. The maximum absolute atomic E-state index is 13.4. The van der Waals surface area contributed by atoms with Crippen molar-refractivity contribution in [2.75, 3.05) is 13.1 Å². The summed E-state index contributed by atoms with van der Waals surface area (Å²) in [6, 6.07) is 4.18. The molecule has 114 valence electrons. The Hall–Kier alpha value is -1.62. The smallest absolute Gasteiger partial charge is 0.303 e. The maximum Gasteiger partial charge on any atom is 0.303 e. The number of nitrogens with zero attached hydrogens (tertiary/aromatic N) is 1. The van der Waals surface area contributed by atoms with E-state index in [1.54, 1.807) is 4.90 Å². The molecular formula is C15H17ClFNO3. The fourth-order valence-electron chi connectivity index (χ4n) is 2.65. The van der Waals surface area contributed by atoms with Crippen LogP contribution in [0.3, 0.4) is 0 Å². The molecule has 1 N–H and O–H groups in total. The normalized spacial score (nSPS) is 18.6. The summed E-state index contributed by atoms with van der Waals surface area (Å²) in [5, 5.41) is 8.57. The Morgan fingerprint density at radius 1 is 1.43 bits per heavy atom. The number of hydrogen-bond acceptors (Lipinski definition) is 2. The molecule has 1 unspecified atom stereocenters. The van der Waals surface area contributed by atoms with Gasteiger partial charge in [-0.15, -0.1) is 0 Å². The van der Waals surface area contributed by atoms with Crippen molar-refractivity contribution in [2.45, 2.75) is 25.7 Å². The molecule has 4 nitrogen and oxygen atoms in total. The van der Waals surface area contributed by atoms with Gasteiger partial charge >= 0.3 is 5.97 Å². The minimum atomic E-state index is -0.827. The topological polar surface area (TPSA) is 57.6 Å². The van der Waals surface area contributed by atoms with Gasteiger partial charge in [-0.25, -0.2) is 4.39 Å². The predicted octanol–water partition coefficient (Wildman–Crippen LogP) is 3.20. The summed E-state index contributed by atoms with van der Waals surface area (Å²) < 4.78 is 13.4. The number of benzene rings is 1. The van der Waals surface area contributed by atoms with E-state index in [0.717, 1.165) is 12.8 Å². The predicted molar refractivity (Wildman–Crippen MR) is 76.9 cm³/mol. The molecule has 21 heavy (non-hydrogen) atoms. The molecule has 1 heterocycles. The minimum absolute atomic E-state index is 0.105. The Morgan fingerprint density at radius 2 is 2.19 bits per heavy atom.